The van der Waals surface area contributed by atoms with Crippen LogP contribution < -0.4 is 15.3 Å². The minimum absolute atomic E-state index is 0.0391. The lowest BCUT2D eigenvalue weighted by Crippen LogP contribution is -2.19. The zero-order valence-corrected chi connectivity index (χ0v) is 17.0. The number of halogens is 3. The number of rotatable bonds is 5. The van der Waals surface area contributed by atoms with E-state index in [0.29, 0.717) is 17.8 Å². The highest BCUT2D eigenvalue weighted by molar-refractivity contribution is 7.89. The molecule has 0 saturated heterocycles. The molecule has 4 aromatic rings. The highest BCUT2D eigenvalue weighted by Gasteiger charge is 2.33. The molecule has 0 atom stereocenters. The van der Waals surface area contributed by atoms with Crippen LogP contribution in [0.5, 0.6) is 5.88 Å². The Kier molecular flexibility index (Phi) is 5.43. The molecule has 0 fully saturated rings. The highest BCUT2D eigenvalue weighted by Crippen LogP contribution is 2.32. The van der Waals surface area contributed by atoms with Crippen LogP contribution in [0.15, 0.2) is 59.8 Å². The predicted molar refractivity (Wildman–Crippen MR) is 106 cm³/mol. The van der Waals surface area contributed by atoms with Crippen LogP contribution >= 0.6 is 0 Å². The average molecular weight is 479 g/mol. The topological polar surface area (TPSA) is 155 Å². The van der Waals surface area contributed by atoms with Crippen molar-refractivity contribution >= 4 is 32.8 Å². The molecule has 0 unspecified atom stereocenters. The number of hydrogen-bond acceptors (Lipinski definition) is 8. The summed E-state index contributed by atoms with van der Waals surface area (Å²) in [4.78, 5) is 26.3. The maximum Gasteiger partial charge on any atom is 0.417 e. The van der Waals surface area contributed by atoms with Crippen LogP contribution in [0.4, 0.5) is 18.9 Å². The van der Waals surface area contributed by atoms with Crippen molar-refractivity contribution in [3.8, 4) is 5.88 Å². The number of fused-ring (bicyclic) bond motifs is 1. The minimum atomic E-state index is -4.80. The van der Waals surface area contributed by atoms with Crippen molar-refractivity contribution < 1.29 is 31.2 Å². The molecule has 3 N–H and O–H groups in total. The number of carbonyl (C=O) groups excluding carboxylic acids is 1. The van der Waals surface area contributed by atoms with Gasteiger partial charge in [0.15, 0.2) is 0 Å². The Balaban J connectivity index is 1.73. The van der Waals surface area contributed by atoms with Crippen molar-refractivity contribution in [2.24, 2.45) is 5.14 Å². The van der Waals surface area contributed by atoms with E-state index in [2.05, 4.69) is 25.6 Å². The summed E-state index contributed by atoms with van der Waals surface area (Å²) in [7, 11) is -4.08. The Hall–Kier alpha value is -4.11. The van der Waals surface area contributed by atoms with Gasteiger partial charge in [0.2, 0.25) is 15.7 Å². The quantitative estimate of drug-likeness (QED) is 0.440. The van der Waals surface area contributed by atoms with E-state index in [-0.39, 0.29) is 16.2 Å². The second kappa shape index (κ2) is 8.10. The number of primary sulfonamides is 1. The third-order valence-electron chi connectivity index (χ3n) is 4.20. The van der Waals surface area contributed by atoms with Gasteiger partial charge in [-0.25, -0.2) is 23.5 Å². The van der Waals surface area contributed by atoms with E-state index in [0.717, 1.165) is 10.9 Å². The second-order valence-electron chi connectivity index (χ2n) is 6.50. The Morgan fingerprint density at radius 3 is 2.64 bits per heavy atom. The summed E-state index contributed by atoms with van der Waals surface area (Å²) in [5.41, 5.74) is -1.39. The molecule has 11 nitrogen and oxygen atoms in total. The molecule has 0 saturated carbocycles. The molecule has 0 radical (unpaired) electrons. The average Bonchev–Trinajstić information content (AvgIpc) is 3.16. The zero-order valence-electron chi connectivity index (χ0n) is 16.2. The number of nitrogens with one attached hydrogen (secondary N) is 1. The maximum atomic E-state index is 13.2. The van der Waals surface area contributed by atoms with E-state index >= 15 is 0 Å². The van der Waals surface area contributed by atoms with Crippen molar-refractivity contribution in [2.45, 2.75) is 11.1 Å². The molecule has 0 spiro atoms. The van der Waals surface area contributed by atoms with Gasteiger partial charge in [-0.2, -0.15) is 13.2 Å². The van der Waals surface area contributed by atoms with Crippen LogP contribution in [-0.4, -0.2) is 39.5 Å². The van der Waals surface area contributed by atoms with Crippen LogP contribution in [0.2, 0.25) is 0 Å². The van der Waals surface area contributed by atoms with E-state index in [1.165, 1.54) is 24.4 Å². The Morgan fingerprint density at radius 1 is 1.12 bits per heavy atom. The number of nitrogens with zero attached hydrogens (tertiary/aromatic N) is 5. The lowest BCUT2D eigenvalue weighted by Gasteiger charge is -2.13. The van der Waals surface area contributed by atoms with Gasteiger partial charge in [0, 0.05) is 18.1 Å². The van der Waals surface area contributed by atoms with Gasteiger partial charge in [-0.15, -0.1) is 5.10 Å². The molecular weight excluding hydrogens is 467 g/mol. The first kappa shape index (κ1) is 22.1. The summed E-state index contributed by atoms with van der Waals surface area (Å²) in [6.07, 6.45) is -2.90. The minimum Gasteiger partial charge on any atom is -0.333 e. The third kappa shape index (κ3) is 4.73. The molecule has 0 aliphatic rings. The molecule has 33 heavy (non-hydrogen) atoms. The molecule has 4 rings (SSSR count). The molecule has 170 valence electrons. The molecule has 3 heterocycles. The number of sulfonamides is 1. The summed E-state index contributed by atoms with van der Waals surface area (Å²) in [5, 5.41) is 14.9. The first-order valence-electron chi connectivity index (χ1n) is 8.88. The normalized spacial score (nSPS) is 12.0. The predicted octanol–water partition coefficient (Wildman–Crippen LogP) is 1.98. The van der Waals surface area contributed by atoms with Crippen LogP contribution in [0, 0.1) is 0 Å². The van der Waals surface area contributed by atoms with Gasteiger partial charge < -0.3 is 10.2 Å². The molecule has 0 bridgehead atoms. The number of aromatic nitrogens is 5. The number of pyridine rings is 2. The van der Waals surface area contributed by atoms with Crippen LogP contribution in [0.3, 0.4) is 0 Å². The van der Waals surface area contributed by atoms with E-state index < -0.39 is 39.1 Å². The van der Waals surface area contributed by atoms with Crippen LogP contribution in [-0.2, 0) is 16.2 Å². The number of benzene rings is 1. The molecule has 1 amide bonds. The van der Waals surface area contributed by atoms with E-state index in [9.17, 15) is 26.4 Å². The number of amides is 1. The SMILES string of the molecule is NS(=O)(=O)c1cccc(NC(=O)c2cc(C(F)(F)F)cnc2On2nnc3cccnc32)c1. The first-order chi connectivity index (χ1) is 15.5. The Labute approximate surface area is 183 Å². The van der Waals surface area contributed by atoms with E-state index in [4.69, 9.17) is 9.98 Å². The molecule has 1 aromatic carbocycles. The largest absolute Gasteiger partial charge is 0.417 e. The molecule has 0 aliphatic heterocycles. The maximum absolute atomic E-state index is 13.2. The van der Waals surface area contributed by atoms with Crippen LogP contribution in [0.25, 0.3) is 11.2 Å². The van der Waals surface area contributed by atoms with Gasteiger partial charge in [0.1, 0.15) is 11.1 Å². The summed E-state index contributed by atoms with van der Waals surface area (Å²) < 4.78 is 62.7. The smallest absolute Gasteiger partial charge is 0.333 e. The lowest BCUT2D eigenvalue weighted by molar-refractivity contribution is -0.137. The fourth-order valence-corrected chi connectivity index (χ4v) is 3.24. The number of nitrogens with two attached hydrogens (primary N) is 1. The fraction of sp³-hybridized carbons (Fsp3) is 0.0556. The van der Waals surface area contributed by atoms with Crippen molar-refractivity contribution in [2.75, 3.05) is 5.32 Å². The van der Waals surface area contributed by atoms with Crippen molar-refractivity contribution in [1.29, 1.82) is 0 Å². The van der Waals surface area contributed by atoms with Crippen molar-refractivity contribution in [1.82, 2.24) is 25.1 Å². The van der Waals surface area contributed by atoms with Gasteiger partial charge in [-0.1, -0.05) is 10.9 Å². The monoisotopic (exact) mass is 479 g/mol. The van der Waals surface area contributed by atoms with E-state index in [1.807, 2.05) is 0 Å². The van der Waals surface area contributed by atoms with Gasteiger partial charge in [0.05, 0.1) is 10.5 Å². The number of alkyl halides is 3. The molecule has 3 aromatic heterocycles. The van der Waals surface area contributed by atoms with Gasteiger partial charge >= 0.3 is 6.18 Å². The Morgan fingerprint density at radius 2 is 1.91 bits per heavy atom. The van der Waals surface area contributed by atoms with Gasteiger partial charge in [-0.05, 0) is 41.6 Å². The summed E-state index contributed by atoms with van der Waals surface area (Å²) in [6.45, 7) is 0. The number of hydrogen-bond donors (Lipinski definition) is 2. The first-order valence-corrected chi connectivity index (χ1v) is 10.4. The summed E-state index contributed by atoms with van der Waals surface area (Å²) in [5.74, 6) is -1.59. The number of carbonyl (C=O) groups is 1. The molecular formula is C18H12F3N7O4S. The summed E-state index contributed by atoms with van der Waals surface area (Å²) >= 11 is 0. The zero-order chi connectivity index (χ0) is 23.8. The molecule has 0 aliphatic carbocycles. The second-order valence-corrected chi connectivity index (χ2v) is 8.06. The van der Waals surface area contributed by atoms with Crippen LogP contribution in [0.1, 0.15) is 15.9 Å². The molecule has 15 heteroatoms. The third-order valence-corrected chi connectivity index (χ3v) is 5.11. The van der Waals surface area contributed by atoms with Crippen molar-refractivity contribution in [3.05, 3.63) is 66.0 Å². The fourth-order valence-electron chi connectivity index (χ4n) is 2.68. The van der Waals surface area contributed by atoms with Gasteiger partial charge in [0.25, 0.3) is 11.8 Å². The Bertz CT molecular complexity index is 1470. The standard InChI is InChI=1S/C18H12F3N7O4S/c19-18(20,21)10-7-13(16(29)25-11-3-1-4-12(8-11)33(22,30)31)17(24-9-10)32-28-15-14(26-27-28)5-2-6-23-15/h1-9H,(H,25,29)(H2,22,30,31). The van der Waals surface area contributed by atoms with Gasteiger partial charge in [-0.3, -0.25) is 4.79 Å². The highest BCUT2D eigenvalue weighted by atomic mass is 32.2. The summed E-state index contributed by atoms with van der Waals surface area (Å²) in [6, 6.07) is 8.55. The van der Waals surface area contributed by atoms with Crippen molar-refractivity contribution in [3.63, 3.8) is 0 Å². The lowest BCUT2D eigenvalue weighted by atomic mass is 10.1. The van der Waals surface area contributed by atoms with E-state index in [1.54, 1.807) is 12.1 Å². The number of anilines is 1.